The maximum absolute atomic E-state index is 11.3. The van der Waals surface area contributed by atoms with Crippen LogP contribution in [0.5, 0.6) is 0 Å². The van der Waals surface area contributed by atoms with Crippen LogP contribution in [0.4, 0.5) is 22.7 Å². The van der Waals surface area contributed by atoms with Crippen molar-refractivity contribution in [1.82, 2.24) is 5.01 Å². The minimum Gasteiger partial charge on any atom is -0.360 e. The number of hydrogen-bond acceptors (Lipinski definition) is 13. The molecule has 1 N–H and O–H groups in total. The fraction of sp³-hybridized carbons (Fsp3) is 0.400. The average Bonchev–Trinajstić information content (AvgIpc) is 2.63. The van der Waals surface area contributed by atoms with Crippen molar-refractivity contribution in [3.8, 4) is 0 Å². The van der Waals surface area contributed by atoms with Crippen LogP contribution in [0.1, 0.15) is 0 Å². The smallest absolute Gasteiger partial charge is 0.360 e. The minimum atomic E-state index is -3.36. The third-order valence-corrected chi connectivity index (χ3v) is 3.67. The van der Waals surface area contributed by atoms with Crippen molar-refractivity contribution in [1.29, 1.82) is 0 Å². The highest BCUT2D eigenvalue weighted by Crippen LogP contribution is 2.38. The molecule has 0 heterocycles. The molecule has 0 unspecified atom stereocenters. The van der Waals surface area contributed by atoms with Gasteiger partial charge in [-0.05, 0) is 0 Å². The Bertz CT molecular complexity index is 898. The highest BCUT2D eigenvalue weighted by Gasteiger charge is 2.59. The first kappa shape index (κ1) is 23.3. The van der Waals surface area contributed by atoms with Crippen molar-refractivity contribution >= 4 is 22.7 Å². The Hall–Kier alpha value is -4.78. The fourth-order valence-electron chi connectivity index (χ4n) is 2.19. The van der Waals surface area contributed by atoms with Gasteiger partial charge in [0.15, 0.2) is 17.3 Å². The maximum atomic E-state index is 11.3. The standard InChI is InChI=1S/C10H10N8O12/c1-12(18(29)30)5-10(16(25)26,17(27)28)4-11-9-7(14(21)22)2-6(13(19)20)3-8(9)15(23)24/h2-3,11H,4-5H2,1H3. The Balaban J connectivity index is 3.58. The maximum Gasteiger partial charge on any atom is 0.497 e. The average molecular weight is 434 g/mol. The number of anilines is 1. The molecule has 0 aliphatic rings. The Labute approximate surface area is 162 Å². The van der Waals surface area contributed by atoms with E-state index in [1.54, 1.807) is 0 Å². The molecule has 0 fully saturated rings. The van der Waals surface area contributed by atoms with Gasteiger partial charge in [-0.2, -0.15) is 0 Å². The van der Waals surface area contributed by atoms with Crippen LogP contribution >= 0.6 is 0 Å². The van der Waals surface area contributed by atoms with Crippen molar-refractivity contribution < 1.29 is 29.6 Å². The van der Waals surface area contributed by atoms with E-state index in [0.717, 1.165) is 0 Å². The van der Waals surface area contributed by atoms with Gasteiger partial charge in [0.1, 0.15) is 9.85 Å². The van der Waals surface area contributed by atoms with E-state index in [2.05, 4.69) is 0 Å². The van der Waals surface area contributed by atoms with Crippen LogP contribution in [-0.2, 0) is 0 Å². The Kier molecular flexibility index (Phi) is 6.58. The molecule has 0 bridgehead atoms. The Morgan fingerprint density at radius 1 is 0.833 bits per heavy atom. The number of likely N-dealkylation sites (N-methyl/N-ethyl adjacent to an activating group) is 1. The van der Waals surface area contributed by atoms with Gasteiger partial charge in [-0.25, -0.2) is 10.1 Å². The van der Waals surface area contributed by atoms with Crippen molar-refractivity contribution in [2.75, 3.05) is 25.5 Å². The zero-order valence-corrected chi connectivity index (χ0v) is 14.6. The number of benzene rings is 1. The van der Waals surface area contributed by atoms with Crippen molar-refractivity contribution in [2.24, 2.45) is 0 Å². The number of nitro groups is 6. The molecule has 20 heteroatoms. The van der Waals surface area contributed by atoms with Crippen LogP contribution < -0.4 is 5.32 Å². The SMILES string of the molecule is CN(CC(CNc1c([N+](=O)[O-])cc([N+](=O)[O-])cc1[N+](=O)[O-])([N+](=O)[O-])[N+](=O)[O-])[N+](=O)[O-]. The van der Waals surface area contributed by atoms with Gasteiger partial charge in [0, 0.05) is 0 Å². The predicted molar refractivity (Wildman–Crippen MR) is 91.2 cm³/mol. The first-order valence-corrected chi connectivity index (χ1v) is 7.24. The van der Waals surface area contributed by atoms with Gasteiger partial charge in [-0.3, -0.25) is 50.6 Å². The quantitative estimate of drug-likeness (QED) is 0.276. The number of nitro benzene ring substituents is 3. The first-order chi connectivity index (χ1) is 13.7. The molecule has 30 heavy (non-hydrogen) atoms. The third kappa shape index (κ3) is 4.55. The van der Waals surface area contributed by atoms with Crippen LogP contribution in [0.15, 0.2) is 12.1 Å². The summed E-state index contributed by atoms with van der Waals surface area (Å²) < 4.78 is 0. The third-order valence-electron chi connectivity index (χ3n) is 3.67. The van der Waals surface area contributed by atoms with Crippen molar-refractivity contribution in [3.63, 3.8) is 0 Å². The molecule has 0 aromatic heterocycles. The molecule has 20 nitrogen and oxygen atoms in total. The van der Waals surface area contributed by atoms with Gasteiger partial charge in [-0.1, -0.05) is 0 Å². The highest BCUT2D eigenvalue weighted by atomic mass is 16.7. The summed E-state index contributed by atoms with van der Waals surface area (Å²) in [6, 6.07) is 0.608. The summed E-state index contributed by atoms with van der Waals surface area (Å²) in [6.45, 7) is -2.90. The molecule has 1 aromatic carbocycles. The number of nitrogens with zero attached hydrogens (tertiary/aromatic N) is 7. The van der Waals surface area contributed by atoms with E-state index in [9.17, 15) is 60.7 Å². The number of hydrazine groups is 1. The van der Waals surface area contributed by atoms with E-state index in [-0.39, 0.29) is 5.01 Å². The van der Waals surface area contributed by atoms with Crippen LogP contribution in [0.2, 0.25) is 0 Å². The van der Waals surface area contributed by atoms with Gasteiger partial charge in [0.2, 0.25) is 6.54 Å². The second-order valence-corrected chi connectivity index (χ2v) is 5.53. The number of hydrogen-bond donors (Lipinski definition) is 1. The van der Waals surface area contributed by atoms with Crippen molar-refractivity contribution in [3.05, 3.63) is 72.8 Å². The number of nitrogens with one attached hydrogen (secondary N) is 1. The lowest BCUT2D eigenvalue weighted by Gasteiger charge is -2.19. The molecule has 0 aliphatic heterocycles. The molecule has 0 spiro atoms. The minimum absolute atomic E-state index is 0.00589. The van der Waals surface area contributed by atoms with Crippen LogP contribution in [-0.4, -0.2) is 60.5 Å². The van der Waals surface area contributed by atoms with E-state index in [1.807, 2.05) is 5.32 Å². The van der Waals surface area contributed by atoms with E-state index in [1.165, 1.54) is 0 Å². The largest absolute Gasteiger partial charge is 0.497 e. The number of non-ortho nitro benzene ring substituents is 1. The van der Waals surface area contributed by atoms with Crippen LogP contribution in [0.3, 0.4) is 0 Å². The molecule has 0 amide bonds. The van der Waals surface area contributed by atoms with Gasteiger partial charge < -0.3 is 5.32 Å². The lowest BCUT2D eigenvalue weighted by molar-refractivity contribution is -0.804. The van der Waals surface area contributed by atoms with E-state index in [0.29, 0.717) is 19.2 Å². The molecule has 1 aromatic rings. The molecular weight excluding hydrogens is 424 g/mol. The molecular formula is C10H10N8O12. The van der Waals surface area contributed by atoms with Crippen LogP contribution in [0, 0.1) is 60.7 Å². The van der Waals surface area contributed by atoms with Gasteiger partial charge >= 0.3 is 17.0 Å². The normalized spacial score (nSPS) is 10.7. The molecule has 0 saturated carbocycles. The molecule has 0 saturated heterocycles. The zero-order chi connectivity index (χ0) is 23.4. The van der Waals surface area contributed by atoms with Gasteiger partial charge in [-0.15, -0.1) is 5.01 Å². The molecule has 0 radical (unpaired) electrons. The lowest BCUT2D eigenvalue weighted by atomic mass is 10.1. The summed E-state index contributed by atoms with van der Waals surface area (Å²) in [4.78, 5) is 59.8. The molecule has 1 rings (SSSR count). The second-order valence-electron chi connectivity index (χ2n) is 5.53. The van der Waals surface area contributed by atoms with E-state index in [4.69, 9.17) is 0 Å². The molecule has 0 aliphatic carbocycles. The fourth-order valence-corrected chi connectivity index (χ4v) is 2.19. The summed E-state index contributed by atoms with van der Waals surface area (Å²) in [6.07, 6.45) is 0. The summed E-state index contributed by atoms with van der Waals surface area (Å²) in [7, 11) is 0.679. The molecule has 0 atom stereocenters. The summed E-state index contributed by atoms with van der Waals surface area (Å²) >= 11 is 0. The monoisotopic (exact) mass is 434 g/mol. The first-order valence-electron chi connectivity index (χ1n) is 7.24. The summed E-state index contributed by atoms with van der Waals surface area (Å²) in [5, 5.41) is 67.2. The van der Waals surface area contributed by atoms with Gasteiger partial charge in [0.25, 0.3) is 5.69 Å². The summed E-state index contributed by atoms with van der Waals surface area (Å²) in [5.74, 6) is 0. The Morgan fingerprint density at radius 3 is 1.57 bits per heavy atom. The highest BCUT2D eigenvalue weighted by molar-refractivity contribution is 5.77. The van der Waals surface area contributed by atoms with Gasteiger partial charge in [0.05, 0.1) is 34.0 Å². The molecule has 162 valence electrons. The predicted octanol–water partition coefficient (Wildman–Crippen LogP) is 0.196. The van der Waals surface area contributed by atoms with Crippen molar-refractivity contribution in [2.45, 2.75) is 5.66 Å². The van der Waals surface area contributed by atoms with E-state index < -0.39 is 71.2 Å². The summed E-state index contributed by atoms with van der Waals surface area (Å²) in [5.41, 5.74) is -8.03. The number of rotatable bonds is 11. The van der Waals surface area contributed by atoms with E-state index >= 15 is 0 Å². The Morgan fingerprint density at radius 2 is 1.27 bits per heavy atom. The topological polar surface area (TPSA) is 274 Å². The second kappa shape index (κ2) is 8.49. The lowest BCUT2D eigenvalue weighted by Crippen LogP contribution is -2.59. The zero-order valence-electron chi connectivity index (χ0n) is 14.6. The van der Waals surface area contributed by atoms with Crippen LogP contribution in [0.25, 0.3) is 0 Å².